The van der Waals surface area contributed by atoms with Gasteiger partial charge in [-0.15, -0.1) is 0 Å². The first kappa shape index (κ1) is 28.4. The summed E-state index contributed by atoms with van der Waals surface area (Å²) in [6, 6.07) is 14.6. The molecule has 3 aromatic carbocycles. The van der Waals surface area contributed by atoms with Gasteiger partial charge >= 0.3 is 5.97 Å². The fourth-order valence-corrected chi connectivity index (χ4v) is 4.97. The number of ether oxygens (including phenoxy) is 2. The molecule has 0 atom stereocenters. The van der Waals surface area contributed by atoms with E-state index in [-0.39, 0.29) is 29.4 Å². The van der Waals surface area contributed by atoms with Gasteiger partial charge in [-0.3, -0.25) is 9.59 Å². The molecule has 10 nitrogen and oxygen atoms in total. The summed E-state index contributed by atoms with van der Waals surface area (Å²) >= 11 is 0. The number of carboxylic acid groups (broad SMARTS) is 1. The largest absolute Gasteiger partial charge is 0.508 e. The minimum Gasteiger partial charge on any atom is -0.508 e. The number of phenolic OH excluding ortho intramolecular Hbond substituents is 2. The van der Waals surface area contributed by atoms with Crippen molar-refractivity contribution < 1.29 is 39.2 Å². The molecule has 0 aliphatic carbocycles. The third-order valence-electron chi connectivity index (χ3n) is 6.73. The first-order valence-corrected chi connectivity index (χ1v) is 13.0. The van der Waals surface area contributed by atoms with Gasteiger partial charge in [-0.1, -0.05) is 26.3 Å². The predicted molar refractivity (Wildman–Crippen MR) is 146 cm³/mol. The van der Waals surface area contributed by atoms with Crippen molar-refractivity contribution in [2.75, 3.05) is 13.1 Å². The molecule has 0 fully saturated rings. The van der Waals surface area contributed by atoms with Gasteiger partial charge in [0.2, 0.25) is 0 Å². The van der Waals surface area contributed by atoms with Gasteiger partial charge in [0.15, 0.2) is 5.60 Å². The van der Waals surface area contributed by atoms with E-state index in [9.17, 15) is 19.8 Å². The second-order valence-corrected chi connectivity index (χ2v) is 9.82. The fraction of sp³-hybridized carbons (Fsp3) is 0.300. The number of carbonyl (C=O) groups excluding carboxylic acids is 2. The molecule has 1 spiro atoms. The van der Waals surface area contributed by atoms with E-state index >= 15 is 0 Å². The van der Waals surface area contributed by atoms with Gasteiger partial charge in [0.25, 0.3) is 12.4 Å². The van der Waals surface area contributed by atoms with Crippen molar-refractivity contribution in [1.29, 1.82) is 0 Å². The molecule has 0 unspecified atom stereocenters. The molecule has 0 aromatic heterocycles. The van der Waals surface area contributed by atoms with Crippen molar-refractivity contribution in [3.05, 3.63) is 82.4 Å². The summed E-state index contributed by atoms with van der Waals surface area (Å²) in [4.78, 5) is 34.4. The van der Waals surface area contributed by atoms with E-state index in [1.54, 1.807) is 30.3 Å². The molecular formula is C30H32N2O8. The summed E-state index contributed by atoms with van der Waals surface area (Å²) in [7, 11) is 0. The van der Waals surface area contributed by atoms with Gasteiger partial charge < -0.3 is 35.4 Å². The maximum absolute atomic E-state index is 13.2. The summed E-state index contributed by atoms with van der Waals surface area (Å²) in [5.41, 5.74) is 0.967. The number of benzene rings is 3. The zero-order valence-electron chi connectivity index (χ0n) is 22.3. The van der Waals surface area contributed by atoms with Crippen molar-refractivity contribution >= 4 is 18.3 Å². The maximum atomic E-state index is 13.2. The molecule has 2 aliphatic heterocycles. The van der Waals surface area contributed by atoms with Crippen molar-refractivity contribution in [2.45, 2.75) is 44.8 Å². The van der Waals surface area contributed by atoms with Crippen LogP contribution in [0.5, 0.6) is 23.0 Å². The topological polar surface area (TPSA) is 154 Å². The molecule has 40 heavy (non-hydrogen) atoms. The Kier molecular flexibility index (Phi) is 8.59. The molecule has 210 valence electrons. The number of unbranched alkanes of at least 4 members (excludes halogenated alkanes) is 2. The summed E-state index contributed by atoms with van der Waals surface area (Å²) in [5, 5.41) is 33.3. The number of carbonyl (C=O) groups is 3. The second kappa shape index (κ2) is 12.1. The van der Waals surface area contributed by atoms with Crippen LogP contribution in [0.15, 0.2) is 54.6 Å². The van der Waals surface area contributed by atoms with Gasteiger partial charge in [0, 0.05) is 47.0 Å². The molecule has 10 heteroatoms. The molecule has 1 amide bonds. The number of phenols is 2. The highest BCUT2D eigenvalue weighted by Gasteiger charge is 2.53. The number of nitrogens with one attached hydrogen (secondary N) is 2. The monoisotopic (exact) mass is 548 g/mol. The molecule has 5 N–H and O–H groups in total. The molecule has 2 aliphatic rings. The molecule has 0 saturated carbocycles. The van der Waals surface area contributed by atoms with Crippen LogP contribution in [0.2, 0.25) is 0 Å². The summed E-state index contributed by atoms with van der Waals surface area (Å²) in [5.74, 6) is -0.217. The lowest BCUT2D eigenvalue weighted by Crippen LogP contribution is -2.33. The normalized spacial score (nSPS) is 13.7. The molecule has 2 heterocycles. The van der Waals surface area contributed by atoms with Crippen molar-refractivity contribution in [1.82, 2.24) is 10.6 Å². The number of fused-ring (bicyclic) bond motifs is 6. The zero-order valence-corrected chi connectivity index (χ0v) is 22.3. The van der Waals surface area contributed by atoms with E-state index in [1.807, 2.05) is 0 Å². The number of amides is 1. The molecular weight excluding hydrogens is 516 g/mol. The van der Waals surface area contributed by atoms with E-state index in [1.165, 1.54) is 24.3 Å². The third kappa shape index (κ3) is 5.57. The Hall–Kier alpha value is -4.57. The van der Waals surface area contributed by atoms with E-state index in [0.717, 1.165) is 25.8 Å². The van der Waals surface area contributed by atoms with Crippen LogP contribution >= 0.6 is 0 Å². The summed E-state index contributed by atoms with van der Waals surface area (Å²) in [6.07, 6.45) is 2.92. The Bertz CT molecular complexity index is 1370. The highest BCUT2D eigenvalue weighted by Crippen LogP contribution is 2.57. The van der Waals surface area contributed by atoms with Gasteiger partial charge in [0.1, 0.15) is 23.0 Å². The minimum atomic E-state index is -1.34. The Morgan fingerprint density at radius 2 is 1.48 bits per heavy atom. The lowest BCUT2D eigenvalue weighted by Gasteiger charge is -2.36. The van der Waals surface area contributed by atoms with E-state index in [0.29, 0.717) is 46.3 Å². The van der Waals surface area contributed by atoms with Crippen LogP contribution in [0.4, 0.5) is 0 Å². The minimum absolute atomic E-state index is 0.00902. The molecule has 0 radical (unpaired) electrons. The van der Waals surface area contributed by atoms with Crippen LogP contribution in [0.1, 0.15) is 70.5 Å². The molecule has 0 saturated heterocycles. The first-order valence-electron chi connectivity index (χ1n) is 13.0. The Morgan fingerprint density at radius 3 is 2.08 bits per heavy atom. The number of rotatable bonds is 8. The number of hydrogen-bond donors (Lipinski definition) is 5. The molecule has 3 aromatic rings. The predicted octanol–water partition coefficient (Wildman–Crippen LogP) is 4.26. The number of hydrogen-bond acceptors (Lipinski definition) is 8. The highest BCUT2D eigenvalue weighted by molar-refractivity contribution is 6.01. The average Bonchev–Trinajstić information content (AvgIpc) is 3.20. The summed E-state index contributed by atoms with van der Waals surface area (Å²) in [6.45, 7) is 5.49. The van der Waals surface area contributed by atoms with Crippen LogP contribution in [0.3, 0.4) is 0 Å². The van der Waals surface area contributed by atoms with Crippen molar-refractivity contribution in [2.24, 2.45) is 0 Å². The Balaban J connectivity index is 0.00000118. The van der Waals surface area contributed by atoms with Crippen LogP contribution in [-0.4, -0.2) is 52.8 Å². The van der Waals surface area contributed by atoms with Gasteiger partial charge in [-0.05, 0) is 55.8 Å². The summed E-state index contributed by atoms with van der Waals surface area (Å²) < 4.78 is 12.0. The molecule has 0 bridgehead atoms. The lowest BCUT2D eigenvalue weighted by molar-refractivity contribution is -0.122. The quantitative estimate of drug-likeness (QED) is 0.158. The second-order valence-electron chi connectivity index (χ2n) is 9.82. The van der Waals surface area contributed by atoms with E-state index in [2.05, 4.69) is 24.5 Å². The average molecular weight is 549 g/mol. The highest BCUT2D eigenvalue weighted by atomic mass is 16.6. The van der Waals surface area contributed by atoms with Gasteiger partial charge in [0.05, 0.1) is 5.56 Å². The first-order chi connectivity index (χ1) is 19.2. The Labute approximate surface area is 231 Å². The molecule has 5 rings (SSSR count). The van der Waals surface area contributed by atoms with Crippen molar-refractivity contribution in [3.8, 4) is 23.0 Å². The standard InChI is InChI=1S/C29H30N2O6.CH2O2/c1-17(2)30-12-4-3-5-13-31-27(34)18-6-9-22-21(14-18)28(35)37-29(22)23-10-7-19(32)15-25(23)36-26-16-20(33)8-11-24(26)29;2-1-3/h6-11,14-17,30,32-33H,3-5,12-13H2,1-2H3,(H,31,34);1H,(H,2,3). The number of esters is 1. The maximum Gasteiger partial charge on any atom is 0.340 e. The third-order valence-corrected chi connectivity index (χ3v) is 6.73. The van der Waals surface area contributed by atoms with Gasteiger partial charge in [-0.2, -0.15) is 0 Å². The SMILES string of the molecule is CC(C)NCCCCCNC(=O)c1ccc2c(c1)C(=O)OC21c2ccc(O)cc2Oc2cc(O)ccc21.O=CO. The van der Waals surface area contributed by atoms with Crippen LogP contribution in [0.25, 0.3) is 0 Å². The van der Waals surface area contributed by atoms with Crippen LogP contribution < -0.4 is 15.4 Å². The zero-order chi connectivity index (χ0) is 28.9. The van der Waals surface area contributed by atoms with Crippen molar-refractivity contribution in [3.63, 3.8) is 0 Å². The van der Waals surface area contributed by atoms with Crippen LogP contribution in [-0.2, 0) is 15.1 Å². The van der Waals surface area contributed by atoms with Gasteiger partial charge in [-0.25, -0.2) is 4.79 Å². The Morgan fingerprint density at radius 1 is 0.900 bits per heavy atom. The lowest BCUT2D eigenvalue weighted by atomic mass is 9.77. The van der Waals surface area contributed by atoms with Crippen LogP contribution in [0, 0.1) is 0 Å². The fourth-order valence-electron chi connectivity index (χ4n) is 4.97. The smallest absolute Gasteiger partial charge is 0.340 e. The van der Waals surface area contributed by atoms with E-state index in [4.69, 9.17) is 19.4 Å². The number of aromatic hydroxyl groups is 2. The van der Waals surface area contributed by atoms with E-state index < -0.39 is 11.6 Å².